The van der Waals surface area contributed by atoms with Crippen molar-refractivity contribution in [2.45, 2.75) is 13.3 Å². The fraction of sp³-hybridized carbons (Fsp3) is 0.875. The number of nitrogens with zero attached hydrogens (tertiary/aromatic N) is 1. The summed E-state index contributed by atoms with van der Waals surface area (Å²) in [4.78, 5) is 24.9. The van der Waals surface area contributed by atoms with Crippen LogP contribution in [0.15, 0.2) is 0 Å². The van der Waals surface area contributed by atoms with E-state index in [0.717, 1.165) is 6.42 Å². The van der Waals surface area contributed by atoms with E-state index in [9.17, 15) is 14.9 Å². The number of alkyl carbamates (subject to hydrolysis) is 1. The number of amides is 1. The SMILES string of the molecule is CCCNC(=O)OCCSSCCO[N+](=O)[O-]. The van der Waals surface area contributed by atoms with E-state index in [1.54, 1.807) is 0 Å². The Bertz CT molecular complexity index is 230. The van der Waals surface area contributed by atoms with E-state index >= 15 is 0 Å². The highest BCUT2D eigenvalue weighted by Gasteiger charge is 2.00. The molecule has 0 fully saturated rings. The molecule has 0 bridgehead atoms. The van der Waals surface area contributed by atoms with Gasteiger partial charge < -0.3 is 14.9 Å². The molecule has 0 unspecified atom stereocenters. The molecule has 0 heterocycles. The molecule has 17 heavy (non-hydrogen) atoms. The van der Waals surface area contributed by atoms with Crippen LogP contribution in [-0.2, 0) is 9.57 Å². The molecule has 0 aliphatic heterocycles. The van der Waals surface area contributed by atoms with Crippen molar-refractivity contribution in [2.24, 2.45) is 0 Å². The quantitative estimate of drug-likeness (QED) is 0.282. The first-order chi connectivity index (χ1) is 8.16. The molecule has 0 aromatic heterocycles. The molecule has 100 valence electrons. The molecule has 0 rings (SSSR count). The Kier molecular flexibility index (Phi) is 11.1. The van der Waals surface area contributed by atoms with Crippen LogP contribution in [0, 0.1) is 10.1 Å². The second-order valence-electron chi connectivity index (χ2n) is 2.76. The summed E-state index contributed by atoms with van der Waals surface area (Å²) < 4.78 is 4.87. The number of nitrogens with one attached hydrogen (secondary N) is 1. The molecule has 0 saturated heterocycles. The molecule has 7 nitrogen and oxygen atoms in total. The maximum atomic E-state index is 11.0. The molecule has 1 amide bonds. The second-order valence-corrected chi connectivity index (χ2v) is 5.47. The van der Waals surface area contributed by atoms with Gasteiger partial charge in [-0.1, -0.05) is 28.5 Å². The van der Waals surface area contributed by atoms with Gasteiger partial charge in [0, 0.05) is 18.1 Å². The lowest BCUT2D eigenvalue weighted by atomic mass is 10.5. The first-order valence-corrected chi connectivity index (χ1v) is 7.58. The van der Waals surface area contributed by atoms with E-state index in [0.29, 0.717) is 24.7 Å². The Morgan fingerprint density at radius 3 is 2.59 bits per heavy atom. The molecule has 0 radical (unpaired) electrons. The summed E-state index contributed by atoms with van der Waals surface area (Å²) in [6.45, 7) is 2.96. The van der Waals surface area contributed by atoms with Crippen LogP contribution < -0.4 is 5.32 Å². The summed E-state index contributed by atoms with van der Waals surface area (Å²) in [5.74, 6) is 1.16. The van der Waals surface area contributed by atoms with Gasteiger partial charge in [0.25, 0.3) is 5.09 Å². The summed E-state index contributed by atoms with van der Waals surface area (Å²) in [5, 5.41) is 11.6. The third kappa shape index (κ3) is 13.1. The van der Waals surface area contributed by atoms with Crippen molar-refractivity contribution in [3.05, 3.63) is 10.1 Å². The molecule has 0 aromatic carbocycles. The lowest BCUT2D eigenvalue weighted by molar-refractivity contribution is -0.756. The first-order valence-electron chi connectivity index (χ1n) is 5.09. The van der Waals surface area contributed by atoms with E-state index in [1.807, 2.05) is 6.92 Å². The normalized spacial score (nSPS) is 9.71. The van der Waals surface area contributed by atoms with Crippen molar-refractivity contribution in [1.82, 2.24) is 5.32 Å². The Hall–Kier alpha value is -0.830. The molecular weight excluding hydrogens is 268 g/mol. The Morgan fingerprint density at radius 1 is 1.35 bits per heavy atom. The minimum Gasteiger partial charge on any atom is -0.449 e. The van der Waals surface area contributed by atoms with Gasteiger partial charge in [0.2, 0.25) is 0 Å². The highest BCUT2D eigenvalue weighted by atomic mass is 33.1. The van der Waals surface area contributed by atoms with Gasteiger partial charge in [0.1, 0.15) is 13.2 Å². The van der Waals surface area contributed by atoms with Crippen LogP contribution in [0.5, 0.6) is 0 Å². The number of carbonyl (C=O) groups excluding carboxylic acids is 1. The Balaban J connectivity index is 3.12. The van der Waals surface area contributed by atoms with Crippen molar-refractivity contribution in [3.63, 3.8) is 0 Å². The van der Waals surface area contributed by atoms with Crippen LogP contribution in [0.25, 0.3) is 0 Å². The summed E-state index contributed by atoms with van der Waals surface area (Å²) in [7, 11) is 2.92. The van der Waals surface area contributed by atoms with Crippen molar-refractivity contribution < 1.29 is 19.5 Å². The minimum atomic E-state index is -0.813. The van der Waals surface area contributed by atoms with Gasteiger partial charge in [-0.05, 0) is 6.42 Å². The van der Waals surface area contributed by atoms with Gasteiger partial charge in [0.15, 0.2) is 0 Å². The van der Waals surface area contributed by atoms with Gasteiger partial charge in [0.05, 0.1) is 0 Å². The van der Waals surface area contributed by atoms with Gasteiger partial charge in [-0.15, -0.1) is 10.1 Å². The minimum absolute atomic E-state index is 0.0719. The molecule has 0 saturated carbocycles. The largest absolute Gasteiger partial charge is 0.449 e. The topological polar surface area (TPSA) is 90.7 Å². The number of carbonyl (C=O) groups is 1. The molecule has 1 N–H and O–H groups in total. The highest BCUT2D eigenvalue weighted by molar-refractivity contribution is 8.76. The van der Waals surface area contributed by atoms with E-state index in [4.69, 9.17) is 4.74 Å². The van der Waals surface area contributed by atoms with Crippen molar-refractivity contribution in [3.8, 4) is 0 Å². The van der Waals surface area contributed by atoms with Crippen molar-refractivity contribution in [1.29, 1.82) is 0 Å². The molecule has 0 aromatic rings. The zero-order chi connectivity index (χ0) is 12.9. The lowest BCUT2D eigenvalue weighted by Gasteiger charge is -2.05. The molecular formula is C8H16N2O5S2. The van der Waals surface area contributed by atoms with Crippen LogP contribution in [-0.4, -0.2) is 42.4 Å². The van der Waals surface area contributed by atoms with Gasteiger partial charge in [-0.25, -0.2) is 4.79 Å². The first kappa shape index (κ1) is 16.2. The van der Waals surface area contributed by atoms with E-state index in [-0.39, 0.29) is 6.61 Å². The zero-order valence-electron chi connectivity index (χ0n) is 9.55. The predicted molar refractivity (Wildman–Crippen MR) is 67.5 cm³/mol. The Labute approximate surface area is 107 Å². The summed E-state index contributed by atoms with van der Waals surface area (Å²) in [6.07, 6.45) is 0.463. The number of ether oxygens (including phenoxy) is 1. The van der Waals surface area contributed by atoms with Crippen molar-refractivity contribution in [2.75, 3.05) is 31.3 Å². The maximum absolute atomic E-state index is 11.0. The molecule has 0 spiro atoms. The fourth-order valence-corrected chi connectivity index (χ4v) is 2.36. The van der Waals surface area contributed by atoms with E-state index in [1.165, 1.54) is 21.6 Å². The molecule has 0 atom stereocenters. The smallest absolute Gasteiger partial charge is 0.407 e. The highest BCUT2D eigenvalue weighted by Crippen LogP contribution is 2.20. The van der Waals surface area contributed by atoms with Crippen LogP contribution in [0.4, 0.5) is 4.79 Å². The summed E-state index contributed by atoms with van der Waals surface area (Å²) >= 11 is 0. The lowest BCUT2D eigenvalue weighted by Crippen LogP contribution is -2.25. The number of rotatable bonds is 10. The molecule has 0 aliphatic carbocycles. The average molecular weight is 284 g/mol. The summed E-state index contributed by atoms with van der Waals surface area (Å²) in [5.41, 5.74) is 0. The van der Waals surface area contributed by atoms with Crippen LogP contribution >= 0.6 is 21.6 Å². The predicted octanol–water partition coefficient (Wildman–Crippen LogP) is 1.71. The Morgan fingerprint density at radius 2 is 2.00 bits per heavy atom. The van der Waals surface area contributed by atoms with Crippen LogP contribution in [0.3, 0.4) is 0 Å². The fourth-order valence-electron chi connectivity index (χ4n) is 0.710. The van der Waals surface area contributed by atoms with Gasteiger partial charge in [-0.2, -0.15) is 0 Å². The number of hydrogen-bond acceptors (Lipinski definition) is 7. The molecule has 9 heteroatoms. The average Bonchev–Trinajstić information content (AvgIpc) is 2.29. The third-order valence-corrected chi connectivity index (χ3v) is 3.70. The monoisotopic (exact) mass is 284 g/mol. The molecule has 0 aliphatic rings. The van der Waals surface area contributed by atoms with Crippen LogP contribution in [0.2, 0.25) is 0 Å². The maximum Gasteiger partial charge on any atom is 0.407 e. The van der Waals surface area contributed by atoms with Crippen LogP contribution in [0.1, 0.15) is 13.3 Å². The van der Waals surface area contributed by atoms with Gasteiger partial charge in [-0.3, -0.25) is 0 Å². The van der Waals surface area contributed by atoms with E-state index in [2.05, 4.69) is 10.2 Å². The van der Waals surface area contributed by atoms with Crippen molar-refractivity contribution >= 4 is 27.7 Å². The number of hydrogen-bond donors (Lipinski definition) is 1. The zero-order valence-corrected chi connectivity index (χ0v) is 11.2. The third-order valence-electron chi connectivity index (χ3n) is 1.37. The summed E-state index contributed by atoms with van der Waals surface area (Å²) in [6, 6.07) is 0. The second kappa shape index (κ2) is 11.6. The van der Waals surface area contributed by atoms with Gasteiger partial charge >= 0.3 is 6.09 Å². The standard InChI is InChI=1S/C8H16N2O5S2/c1-2-3-9-8(11)14-4-6-16-17-7-5-15-10(12)13/h2-7H2,1H3,(H,9,11). The van der Waals surface area contributed by atoms with E-state index < -0.39 is 11.2 Å².